The van der Waals surface area contributed by atoms with E-state index in [1.54, 1.807) is 0 Å². The lowest BCUT2D eigenvalue weighted by Gasteiger charge is -1.98. The van der Waals surface area contributed by atoms with Crippen LogP contribution in [0.25, 0.3) is 0 Å². The second kappa shape index (κ2) is 4.36. The summed E-state index contributed by atoms with van der Waals surface area (Å²) in [5.41, 5.74) is 6.14. The minimum absolute atomic E-state index is 0.130. The van der Waals surface area contributed by atoms with Gasteiger partial charge < -0.3 is 5.73 Å². The lowest BCUT2D eigenvalue weighted by Crippen LogP contribution is -2.10. The van der Waals surface area contributed by atoms with Gasteiger partial charge in [-0.25, -0.2) is 4.99 Å². The van der Waals surface area contributed by atoms with E-state index in [9.17, 15) is 8.42 Å². The molecule has 1 aliphatic rings. The molecule has 1 rings (SSSR count). The monoisotopic (exact) mass is 240 g/mol. The van der Waals surface area contributed by atoms with E-state index >= 15 is 0 Å². The normalized spacial score (nSPS) is 22.1. The van der Waals surface area contributed by atoms with Gasteiger partial charge in [0.2, 0.25) is 0 Å². The minimum atomic E-state index is -2.25. The Hall–Kier alpha value is -0.170. The van der Waals surface area contributed by atoms with E-state index in [1.165, 1.54) is 0 Å². The van der Waals surface area contributed by atoms with Crippen LogP contribution in [0, 0.1) is 0 Å². The summed E-state index contributed by atoms with van der Waals surface area (Å²) in [6.45, 7) is 2.08. The Morgan fingerprint density at radius 2 is 2.23 bits per heavy atom. The first-order valence-corrected chi connectivity index (χ1v) is 6.81. The van der Waals surface area contributed by atoms with E-state index in [-0.39, 0.29) is 11.0 Å². The molecule has 1 unspecified atom stereocenters. The summed E-state index contributed by atoms with van der Waals surface area (Å²) in [7, 11) is -3.35. The first-order chi connectivity index (χ1) is 6.11. The summed E-state index contributed by atoms with van der Waals surface area (Å²) in [5, 5.41) is 0. The fourth-order valence-corrected chi connectivity index (χ4v) is 4.53. The predicted molar refractivity (Wildman–Crippen MR) is 55.9 cm³/mol. The summed E-state index contributed by atoms with van der Waals surface area (Å²) in [6.07, 6.45) is 0.656. The number of allylic oxidation sites excluding steroid dienone is 1. The molecule has 0 saturated heterocycles. The van der Waals surface area contributed by atoms with Crippen molar-refractivity contribution in [3.05, 3.63) is 10.6 Å². The Balaban J connectivity index is 3.38. The van der Waals surface area contributed by atoms with Gasteiger partial charge in [0.25, 0.3) is 9.26 Å². The van der Waals surface area contributed by atoms with Crippen LogP contribution < -0.4 is 5.73 Å². The molecule has 0 aromatic rings. The Labute approximate surface area is 84.6 Å². The Morgan fingerprint density at radius 3 is 2.62 bits per heavy atom. The van der Waals surface area contributed by atoms with E-state index in [0.717, 1.165) is 0 Å². The maximum Gasteiger partial charge on any atom is 0.251 e. The van der Waals surface area contributed by atoms with Crippen molar-refractivity contribution in [3.63, 3.8) is 0 Å². The molecule has 0 spiro atoms. The van der Waals surface area contributed by atoms with E-state index in [1.807, 2.05) is 6.92 Å². The van der Waals surface area contributed by atoms with Crippen molar-refractivity contribution in [2.24, 2.45) is 10.7 Å². The van der Waals surface area contributed by atoms with Crippen molar-refractivity contribution in [1.29, 1.82) is 0 Å². The molecule has 1 heterocycles. The molecule has 2 N–H and O–H groups in total. The van der Waals surface area contributed by atoms with Crippen LogP contribution >= 0.6 is 11.6 Å². The molecule has 4 nitrogen and oxygen atoms in total. The number of hydrogen-bond donors (Lipinski definition) is 1. The zero-order valence-electron chi connectivity index (χ0n) is 6.95. The third-order valence-electron chi connectivity index (χ3n) is 1.58. The molecule has 0 fully saturated rings. The van der Waals surface area contributed by atoms with E-state index < -0.39 is 18.7 Å². The van der Waals surface area contributed by atoms with Crippen LogP contribution in [0.5, 0.6) is 0 Å². The van der Waals surface area contributed by atoms with E-state index in [0.29, 0.717) is 17.0 Å². The molecular weight excluding hydrogens is 232 g/mol. The molecule has 7 heteroatoms. The lowest BCUT2D eigenvalue weighted by molar-refractivity contribution is 0.628. The molecular formula is C6H9ClN2O2S2. The summed E-state index contributed by atoms with van der Waals surface area (Å²) >= 11 is 5.69. The molecule has 13 heavy (non-hydrogen) atoms. The summed E-state index contributed by atoms with van der Waals surface area (Å²) in [5.74, 6) is 0. The van der Waals surface area contributed by atoms with Crippen molar-refractivity contribution in [1.82, 2.24) is 0 Å². The fraction of sp³-hybridized carbons (Fsp3) is 0.500. The topological polar surface area (TPSA) is 72.5 Å². The van der Waals surface area contributed by atoms with E-state index in [2.05, 4.69) is 4.99 Å². The van der Waals surface area contributed by atoms with Crippen LogP contribution in [0.1, 0.15) is 13.3 Å². The van der Waals surface area contributed by atoms with Crippen molar-refractivity contribution in [2.75, 3.05) is 6.54 Å². The zero-order valence-corrected chi connectivity index (χ0v) is 9.34. The number of hydrogen-bond acceptors (Lipinski definition) is 4. The van der Waals surface area contributed by atoms with Gasteiger partial charge >= 0.3 is 0 Å². The molecule has 0 radical (unpaired) electrons. The lowest BCUT2D eigenvalue weighted by atomic mass is 10.3. The smallest absolute Gasteiger partial charge is 0.251 e. The number of nitrogens with zero attached hydrogens (tertiary/aromatic N) is 1. The number of halogens is 1. The predicted octanol–water partition coefficient (Wildman–Crippen LogP) is 0.588. The fourth-order valence-electron chi connectivity index (χ4n) is 1.03. The quantitative estimate of drug-likeness (QED) is 0.768. The highest BCUT2D eigenvalue weighted by molar-refractivity contribution is 8.45. The first kappa shape index (κ1) is 10.9. The highest BCUT2D eigenvalue weighted by atomic mass is 35.5. The molecule has 0 amide bonds. The van der Waals surface area contributed by atoms with Gasteiger partial charge in [-0.2, -0.15) is 8.42 Å². The maximum atomic E-state index is 10.8. The largest absolute Gasteiger partial charge is 0.326 e. The van der Waals surface area contributed by atoms with Crippen molar-refractivity contribution in [2.45, 2.75) is 13.3 Å². The van der Waals surface area contributed by atoms with Gasteiger partial charge in [0.1, 0.15) is 0 Å². The van der Waals surface area contributed by atoms with Gasteiger partial charge in [-0.3, -0.25) is 0 Å². The number of aliphatic imine (C=N–C) groups is 1. The van der Waals surface area contributed by atoms with Crippen LogP contribution in [-0.4, -0.2) is 19.5 Å². The summed E-state index contributed by atoms with van der Waals surface area (Å²) in [4.78, 5) is 4.60. The first-order valence-electron chi connectivity index (χ1n) is 3.62. The summed E-state index contributed by atoms with van der Waals surface area (Å²) < 4.78 is 21.7. The van der Waals surface area contributed by atoms with Crippen LogP contribution in [0.15, 0.2) is 15.6 Å². The minimum Gasteiger partial charge on any atom is -0.326 e. The Bertz CT molecular complexity index is 414. The molecule has 0 saturated carbocycles. The number of rotatable bonds is 2. The molecule has 1 aliphatic heterocycles. The molecule has 1 atom stereocenters. The SMILES string of the molecule is CCC1=C(CN)S(=S(=O)=O)C(Cl)=N1. The van der Waals surface area contributed by atoms with Gasteiger partial charge in [-0.15, -0.1) is 0 Å². The molecule has 0 aromatic carbocycles. The third-order valence-corrected chi connectivity index (χ3v) is 5.81. The maximum absolute atomic E-state index is 10.8. The average Bonchev–Trinajstić information content (AvgIpc) is 2.41. The van der Waals surface area contributed by atoms with Gasteiger partial charge in [-0.05, 0) is 6.42 Å². The van der Waals surface area contributed by atoms with Gasteiger partial charge in [0.15, 0.2) is 4.50 Å². The van der Waals surface area contributed by atoms with Crippen LogP contribution in [-0.2, 0) is 18.7 Å². The summed E-state index contributed by atoms with van der Waals surface area (Å²) in [6, 6.07) is 0. The second-order valence-electron chi connectivity index (χ2n) is 2.27. The molecule has 74 valence electrons. The molecule has 0 aromatic heterocycles. The molecule has 0 bridgehead atoms. The van der Waals surface area contributed by atoms with Crippen LogP contribution in [0.4, 0.5) is 0 Å². The Morgan fingerprint density at radius 1 is 1.62 bits per heavy atom. The van der Waals surface area contributed by atoms with Crippen molar-refractivity contribution in [3.8, 4) is 0 Å². The third kappa shape index (κ3) is 2.01. The number of nitrogens with two attached hydrogens (primary N) is 1. The Kier molecular flexibility index (Phi) is 3.66. The van der Waals surface area contributed by atoms with Crippen LogP contribution in [0.3, 0.4) is 0 Å². The average molecular weight is 241 g/mol. The second-order valence-corrected chi connectivity index (χ2v) is 6.49. The van der Waals surface area contributed by atoms with Gasteiger partial charge in [0, 0.05) is 20.9 Å². The van der Waals surface area contributed by atoms with Gasteiger partial charge in [0.05, 0.1) is 5.70 Å². The van der Waals surface area contributed by atoms with Crippen molar-refractivity contribution >= 4 is 34.8 Å². The zero-order chi connectivity index (χ0) is 10.0. The van der Waals surface area contributed by atoms with Gasteiger partial charge in [-0.1, -0.05) is 18.5 Å². The highest BCUT2D eigenvalue weighted by Crippen LogP contribution is 2.24. The van der Waals surface area contributed by atoms with E-state index in [4.69, 9.17) is 17.3 Å². The standard InChI is InChI=1S/C6H9ClN2O2S2/c1-2-4-5(3-8)12(13(10)11)6(7)9-4/h2-3,8H2,1H3. The molecule has 0 aliphatic carbocycles. The van der Waals surface area contributed by atoms with Crippen molar-refractivity contribution < 1.29 is 8.42 Å². The highest BCUT2D eigenvalue weighted by Gasteiger charge is 2.21. The van der Waals surface area contributed by atoms with Crippen LogP contribution in [0.2, 0.25) is 0 Å².